The van der Waals surface area contributed by atoms with Crippen molar-refractivity contribution in [2.45, 2.75) is 73.2 Å². The molecule has 1 aliphatic heterocycles. The molecular formula is C38H35ClF5N3O6S. The van der Waals surface area contributed by atoms with Crippen LogP contribution in [-0.4, -0.2) is 73.2 Å². The second-order valence-electron chi connectivity index (χ2n) is 13.9. The molecule has 1 heterocycles. The van der Waals surface area contributed by atoms with Gasteiger partial charge in [-0.2, -0.15) is 22.0 Å². The zero-order valence-electron chi connectivity index (χ0n) is 28.6. The zero-order valence-corrected chi connectivity index (χ0v) is 30.2. The Bertz CT molecular complexity index is 2160. The van der Waals surface area contributed by atoms with Crippen LogP contribution in [0, 0.1) is 0 Å². The summed E-state index contributed by atoms with van der Waals surface area (Å²) < 4.78 is 109. The van der Waals surface area contributed by atoms with E-state index >= 15 is 8.78 Å². The molecule has 1 N–H and O–H groups in total. The second kappa shape index (κ2) is 14.4. The van der Waals surface area contributed by atoms with Crippen molar-refractivity contribution in [2.24, 2.45) is 0 Å². The van der Waals surface area contributed by atoms with E-state index in [1.807, 2.05) is 0 Å². The maximum absolute atomic E-state index is 17.1. The van der Waals surface area contributed by atoms with Crippen molar-refractivity contribution in [2.75, 3.05) is 19.6 Å². The highest BCUT2D eigenvalue weighted by atomic mass is 35.5. The lowest BCUT2D eigenvalue weighted by Crippen LogP contribution is -2.63. The van der Waals surface area contributed by atoms with Gasteiger partial charge in [0.2, 0.25) is 6.04 Å². The topological polar surface area (TPSA) is 105 Å². The highest BCUT2D eigenvalue weighted by Crippen LogP contribution is 2.43. The third-order valence-corrected chi connectivity index (χ3v) is 12.0. The zero-order chi connectivity index (χ0) is 38.5. The predicted octanol–water partition coefficient (Wildman–Crippen LogP) is 7.62. The van der Waals surface area contributed by atoms with Crippen LogP contribution in [0.4, 0.5) is 22.0 Å². The summed E-state index contributed by atoms with van der Waals surface area (Å²) >= 11 is 5.97. The van der Waals surface area contributed by atoms with Crippen LogP contribution in [0.25, 0.3) is 21.9 Å². The molecule has 54 heavy (non-hydrogen) atoms. The van der Waals surface area contributed by atoms with E-state index in [1.54, 1.807) is 36.4 Å². The van der Waals surface area contributed by atoms with E-state index in [2.05, 4.69) is 10.2 Å². The maximum Gasteiger partial charge on any atom is 0.492 e. The maximum atomic E-state index is 17.1. The number of benzene rings is 4. The number of carbonyl (C=O) groups excluding carboxylic acids is 2. The molecule has 1 spiro atoms. The van der Waals surface area contributed by atoms with Gasteiger partial charge in [-0.15, -0.1) is 0 Å². The minimum Gasteiger partial charge on any atom is -0.490 e. The van der Waals surface area contributed by atoms with Gasteiger partial charge in [0.05, 0.1) is 11.0 Å². The van der Waals surface area contributed by atoms with E-state index < -0.39 is 60.5 Å². The van der Waals surface area contributed by atoms with Crippen LogP contribution in [-0.2, 0) is 30.4 Å². The van der Waals surface area contributed by atoms with Crippen LogP contribution in [0.2, 0.25) is 5.02 Å². The number of ether oxygens (including phenoxy) is 1. The molecule has 4 aromatic carbocycles. The number of amides is 1. The number of hydrogen-bond donors (Lipinski definition) is 1. The first kappa shape index (κ1) is 38.0. The number of hydroxylamine groups is 1. The summed E-state index contributed by atoms with van der Waals surface area (Å²) in [6, 6.07) is 15.7. The Morgan fingerprint density at radius 3 is 2.11 bits per heavy atom. The molecule has 1 atom stereocenters. The molecule has 0 radical (unpaired) electrons. The van der Waals surface area contributed by atoms with E-state index in [4.69, 9.17) is 16.3 Å². The molecule has 2 aliphatic carbocycles. The van der Waals surface area contributed by atoms with Crippen LogP contribution in [0.5, 0.6) is 5.75 Å². The fourth-order valence-electron chi connectivity index (χ4n) is 6.98. The van der Waals surface area contributed by atoms with Crippen LogP contribution >= 0.6 is 11.6 Å². The molecule has 4 aromatic rings. The average molecular weight is 792 g/mol. The van der Waals surface area contributed by atoms with Gasteiger partial charge in [0.15, 0.2) is 0 Å². The van der Waals surface area contributed by atoms with Crippen molar-refractivity contribution in [1.29, 1.82) is 0 Å². The number of rotatable bonds is 10. The van der Waals surface area contributed by atoms with Crippen molar-refractivity contribution < 1.29 is 49.5 Å². The monoisotopic (exact) mass is 791 g/mol. The summed E-state index contributed by atoms with van der Waals surface area (Å²) in [7, 11) is -5.62. The standard InChI is InChI=1S/C38H35ClF5N3O6S/c39-29-13-7-25(8-14-29)24-5-11-28(12-6-24)37(40,41)33(34(48)46-20-19-45-36(23-46)17-18-36)47(53-35(49)38(42,43)44)54(50,51)32-16-10-26-21-31(15-9-27(26)22-32)52-30-3-1-2-4-30/h5-16,21-22,30,33,45H,1-4,17-20,23H2/t33-/m0/s1. The lowest BCUT2D eigenvalue weighted by atomic mass is 9.96. The second-order valence-corrected chi connectivity index (χ2v) is 16.1. The van der Waals surface area contributed by atoms with Gasteiger partial charge in [-0.1, -0.05) is 60.1 Å². The first-order valence-corrected chi connectivity index (χ1v) is 19.2. The summed E-state index contributed by atoms with van der Waals surface area (Å²) in [5.41, 5.74) is -0.465. The Labute approximate surface area is 313 Å². The third kappa shape index (κ3) is 7.77. The number of sulfonamides is 1. The molecule has 0 aromatic heterocycles. The summed E-state index contributed by atoms with van der Waals surface area (Å²) in [4.78, 5) is 31.3. The van der Waals surface area contributed by atoms with Gasteiger partial charge >= 0.3 is 18.1 Å². The lowest BCUT2D eigenvalue weighted by molar-refractivity contribution is -0.239. The Kier molecular flexibility index (Phi) is 10.1. The van der Waals surface area contributed by atoms with Gasteiger partial charge in [-0.25, -0.2) is 13.2 Å². The fraction of sp³-hybridized carbons (Fsp3) is 0.368. The number of piperazine rings is 1. The predicted molar refractivity (Wildman–Crippen MR) is 189 cm³/mol. The molecule has 16 heteroatoms. The van der Waals surface area contributed by atoms with Gasteiger partial charge in [-0.3, -0.25) is 4.79 Å². The molecule has 3 fully saturated rings. The van der Waals surface area contributed by atoms with Crippen molar-refractivity contribution in [3.63, 3.8) is 0 Å². The van der Waals surface area contributed by atoms with Crippen molar-refractivity contribution >= 4 is 44.3 Å². The molecule has 1 saturated heterocycles. The number of hydrogen-bond acceptors (Lipinski definition) is 7. The first-order chi connectivity index (χ1) is 25.6. The summed E-state index contributed by atoms with van der Waals surface area (Å²) in [5.74, 6) is -8.67. The van der Waals surface area contributed by atoms with Crippen LogP contribution in [0.3, 0.4) is 0 Å². The Hall–Kier alpha value is -4.31. The molecule has 286 valence electrons. The normalized spacial score (nSPS) is 18.2. The van der Waals surface area contributed by atoms with Crippen LogP contribution in [0.1, 0.15) is 44.1 Å². The Morgan fingerprint density at radius 2 is 1.48 bits per heavy atom. The Morgan fingerprint density at radius 1 is 0.870 bits per heavy atom. The van der Waals surface area contributed by atoms with Crippen molar-refractivity contribution in [3.8, 4) is 16.9 Å². The third-order valence-electron chi connectivity index (χ3n) is 10.1. The minimum atomic E-state index is -5.82. The largest absolute Gasteiger partial charge is 0.492 e. The number of fused-ring (bicyclic) bond motifs is 1. The molecule has 3 aliphatic rings. The highest BCUT2D eigenvalue weighted by Gasteiger charge is 2.59. The molecule has 9 nitrogen and oxygen atoms in total. The van der Waals surface area contributed by atoms with Gasteiger partial charge < -0.3 is 19.8 Å². The number of carbonyl (C=O) groups is 2. The van der Waals surface area contributed by atoms with E-state index in [0.717, 1.165) is 54.8 Å². The van der Waals surface area contributed by atoms with E-state index in [9.17, 15) is 31.2 Å². The molecule has 1 amide bonds. The number of nitrogens with one attached hydrogen (secondary N) is 1. The highest BCUT2D eigenvalue weighted by molar-refractivity contribution is 7.89. The van der Waals surface area contributed by atoms with Crippen LogP contribution in [0.15, 0.2) is 89.8 Å². The number of alkyl halides is 5. The van der Waals surface area contributed by atoms with Gasteiger partial charge in [0.25, 0.3) is 15.9 Å². The quantitative estimate of drug-likeness (QED) is 0.130. The lowest BCUT2D eigenvalue weighted by Gasteiger charge is -2.40. The van der Waals surface area contributed by atoms with E-state index in [0.29, 0.717) is 40.1 Å². The number of nitrogens with zero attached hydrogens (tertiary/aromatic N) is 2. The SMILES string of the molecule is O=C([C@H](N(OC(=O)C(F)(F)F)S(=O)(=O)c1ccc2cc(OC3CCCC3)ccc2c1)C(F)(F)c1ccc(-c2ccc(Cl)cc2)cc1)N1CCNC2(CC2)C1. The summed E-state index contributed by atoms with van der Waals surface area (Å²) in [6.45, 7) is -0.118. The van der Waals surface area contributed by atoms with Gasteiger partial charge in [-0.05, 0) is 101 Å². The summed E-state index contributed by atoms with van der Waals surface area (Å²) in [6.07, 6.45) is -0.776. The van der Waals surface area contributed by atoms with E-state index in [-0.39, 0.29) is 31.1 Å². The molecular weight excluding hydrogens is 757 g/mol. The molecule has 0 bridgehead atoms. The molecule has 0 unspecified atom stereocenters. The van der Waals surface area contributed by atoms with Gasteiger partial charge in [0.1, 0.15) is 5.75 Å². The minimum absolute atomic E-state index is 0.0224. The van der Waals surface area contributed by atoms with Crippen molar-refractivity contribution in [1.82, 2.24) is 14.7 Å². The molecule has 7 rings (SSSR count). The van der Waals surface area contributed by atoms with E-state index in [1.165, 1.54) is 24.3 Å². The Balaban J connectivity index is 1.31. The van der Waals surface area contributed by atoms with Gasteiger partial charge in [0, 0.05) is 35.8 Å². The fourth-order valence-corrected chi connectivity index (χ4v) is 8.49. The summed E-state index contributed by atoms with van der Waals surface area (Å²) in [5, 5.41) is 4.39. The smallest absolute Gasteiger partial charge is 0.490 e. The first-order valence-electron chi connectivity index (χ1n) is 17.4. The number of halogens is 6. The van der Waals surface area contributed by atoms with Crippen molar-refractivity contribution in [3.05, 3.63) is 95.5 Å². The molecule has 2 saturated carbocycles. The van der Waals surface area contributed by atoms with Crippen LogP contribution < -0.4 is 10.1 Å². The average Bonchev–Trinajstić information content (AvgIpc) is 3.67.